The van der Waals surface area contributed by atoms with Crippen molar-refractivity contribution in [2.75, 3.05) is 6.54 Å². The first-order valence-electron chi connectivity index (χ1n) is 6.78. The summed E-state index contributed by atoms with van der Waals surface area (Å²) >= 11 is 0. The minimum atomic E-state index is -1.51. The SMILES string of the molecule is CC(=O)NCCC(O)C(O)c1cc(C(=O)O)c(C)c([N+](=O)[O-])c1. The lowest BCUT2D eigenvalue weighted by molar-refractivity contribution is -0.385. The van der Waals surface area contributed by atoms with Gasteiger partial charge in [0.25, 0.3) is 5.69 Å². The lowest BCUT2D eigenvalue weighted by Gasteiger charge is -2.19. The van der Waals surface area contributed by atoms with Gasteiger partial charge in [-0.2, -0.15) is 0 Å². The molecule has 1 aromatic rings. The van der Waals surface area contributed by atoms with Gasteiger partial charge in [-0.1, -0.05) is 0 Å². The summed E-state index contributed by atoms with van der Waals surface area (Å²) in [6.45, 7) is 2.70. The molecule has 1 aromatic carbocycles. The van der Waals surface area contributed by atoms with Crippen molar-refractivity contribution >= 4 is 17.6 Å². The Labute approximate surface area is 131 Å². The van der Waals surface area contributed by atoms with Crippen molar-refractivity contribution in [2.24, 2.45) is 0 Å². The van der Waals surface area contributed by atoms with Crippen LogP contribution in [0.4, 0.5) is 5.69 Å². The van der Waals surface area contributed by atoms with Crippen LogP contribution in [0, 0.1) is 17.0 Å². The maximum atomic E-state index is 11.2. The zero-order valence-corrected chi connectivity index (χ0v) is 12.6. The average molecular weight is 326 g/mol. The molecule has 0 fully saturated rings. The summed E-state index contributed by atoms with van der Waals surface area (Å²) in [5.74, 6) is -1.67. The Bertz CT molecular complexity index is 595. The van der Waals surface area contributed by atoms with Crippen LogP contribution in [0.3, 0.4) is 0 Å². The third-order valence-corrected chi connectivity index (χ3v) is 3.35. The van der Waals surface area contributed by atoms with Crippen LogP contribution in [-0.2, 0) is 4.79 Å². The normalized spacial score (nSPS) is 13.2. The molecule has 0 aliphatic heterocycles. The van der Waals surface area contributed by atoms with Crippen LogP contribution in [0.2, 0.25) is 0 Å². The van der Waals surface area contributed by atoms with Gasteiger partial charge < -0.3 is 20.6 Å². The zero-order valence-electron chi connectivity index (χ0n) is 12.6. The lowest BCUT2D eigenvalue weighted by atomic mass is 9.96. The van der Waals surface area contributed by atoms with Gasteiger partial charge in [0.2, 0.25) is 5.91 Å². The van der Waals surface area contributed by atoms with Crippen LogP contribution in [0.15, 0.2) is 12.1 Å². The van der Waals surface area contributed by atoms with Gasteiger partial charge in [0.1, 0.15) is 6.10 Å². The number of aliphatic hydroxyl groups is 2. The highest BCUT2D eigenvalue weighted by Gasteiger charge is 2.25. The number of nitrogens with one attached hydrogen (secondary N) is 1. The molecule has 0 aliphatic rings. The first-order chi connectivity index (χ1) is 10.6. The largest absolute Gasteiger partial charge is 0.478 e. The number of nitro benzene ring substituents is 1. The molecule has 23 heavy (non-hydrogen) atoms. The van der Waals surface area contributed by atoms with Gasteiger partial charge in [-0.15, -0.1) is 0 Å². The second-order valence-electron chi connectivity index (χ2n) is 5.06. The number of carbonyl (C=O) groups excluding carboxylic acids is 1. The fraction of sp³-hybridized carbons (Fsp3) is 0.429. The quantitative estimate of drug-likeness (QED) is 0.421. The Kier molecular flexibility index (Phi) is 6.17. The summed E-state index contributed by atoms with van der Waals surface area (Å²) in [5, 5.41) is 42.5. The van der Waals surface area contributed by atoms with Gasteiger partial charge in [-0.05, 0) is 25.0 Å². The van der Waals surface area contributed by atoms with Crippen LogP contribution in [0.1, 0.15) is 40.9 Å². The van der Waals surface area contributed by atoms with E-state index < -0.39 is 28.8 Å². The van der Waals surface area contributed by atoms with Crippen molar-refractivity contribution in [3.8, 4) is 0 Å². The molecule has 0 aromatic heterocycles. The molecule has 0 bridgehead atoms. The summed E-state index contributed by atoms with van der Waals surface area (Å²) in [6.07, 6.45) is -2.82. The highest BCUT2D eigenvalue weighted by atomic mass is 16.6. The topological polar surface area (TPSA) is 150 Å². The fourth-order valence-electron chi connectivity index (χ4n) is 2.08. The molecule has 9 heteroatoms. The molecular formula is C14H18N2O7. The van der Waals surface area contributed by atoms with E-state index in [4.69, 9.17) is 5.11 Å². The molecule has 0 saturated heterocycles. The Balaban J connectivity index is 3.08. The van der Waals surface area contributed by atoms with E-state index in [2.05, 4.69) is 5.32 Å². The summed E-state index contributed by atoms with van der Waals surface area (Å²) in [6, 6.07) is 2.13. The summed E-state index contributed by atoms with van der Waals surface area (Å²) < 4.78 is 0. The maximum Gasteiger partial charge on any atom is 0.336 e. The number of nitrogens with zero attached hydrogens (tertiary/aromatic N) is 1. The standard InChI is InChI=1S/C14H18N2O7/c1-7-10(14(20)21)5-9(6-11(7)16(22)23)13(19)12(18)3-4-15-8(2)17/h5-6,12-13,18-19H,3-4H2,1-2H3,(H,15,17)(H,20,21). The molecule has 9 nitrogen and oxygen atoms in total. The summed E-state index contributed by atoms with van der Waals surface area (Å²) in [5.41, 5.74) is -0.878. The average Bonchev–Trinajstić information content (AvgIpc) is 2.45. The number of hydrogen-bond donors (Lipinski definition) is 4. The van der Waals surface area contributed by atoms with Crippen molar-refractivity contribution in [3.05, 3.63) is 38.9 Å². The van der Waals surface area contributed by atoms with E-state index in [-0.39, 0.29) is 35.6 Å². The van der Waals surface area contributed by atoms with Gasteiger partial charge in [0.15, 0.2) is 0 Å². The second-order valence-corrected chi connectivity index (χ2v) is 5.06. The van der Waals surface area contributed by atoms with E-state index >= 15 is 0 Å². The van der Waals surface area contributed by atoms with Crippen LogP contribution in [-0.4, -0.2) is 44.8 Å². The van der Waals surface area contributed by atoms with Crippen molar-refractivity contribution in [2.45, 2.75) is 32.5 Å². The fourth-order valence-corrected chi connectivity index (χ4v) is 2.08. The van der Waals surface area contributed by atoms with Crippen molar-refractivity contribution in [3.63, 3.8) is 0 Å². The molecule has 1 rings (SSSR count). The second kappa shape index (κ2) is 7.65. The van der Waals surface area contributed by atoms with Crippen molar-refractivity contribution in [1.29, 1.82) is 0 Å². The summed E-state index contributed by atoms with van der Waals surface area (Å²) in [7, 11) is 0. The molecule has 0 heterocycles. The van der Waals surface area contributed by atoms with Gasteiger partial charge >= 0.3 is 5.97 Å². The van der Waals surface area contributed by atoms with E-state index in [0.29, 0.717) is 0 Å². The highest BCUT2D eigenvalue weighted by molar-refractivity contribution is 5.91. The van der Waals surface area contributed by atoms with Gasteiger partial charge in [-0.3, -0.25) is 14.9 Å². The minimum Gasteiger partial charge on any atom is -0.478 e. The van der Waals surface area contributed by atoms with Gasteiger partial charge in [-0.25, -0.2) is 4.79 Å². The number of rotatable bonds is 7. The Morgan fingerprint density at radius 1 is 1.35 bits per heavy atom. The van der Waals surface area contributed by atoms with E-state index in [0.717, 1.165) is 12.1 Å². The molecule has 2 unspecified atom stereocenters. The first kappa shape index (κ1) is 18.5. The summed E-state index contributed by atoms with van der Waals surface area (Å²) in [4.78, 5) is 32.2. The molecule has 1 amide bonds. The third kappa shape index (κ3) is 4.73. The number of benzene rings is 1. The molecule has 2 atom stereocenters. The highest BCUT2D eigenvalue weighted by Crippen LogP contribution is 2.29. The first-order valence-corrected chi connectivity index (χ1v) is 6.78. The number of carboxylic acids is 1. The smallest absolute Gasteiger partial charge is 0.336 e. The number of aliphatic hydroxyl groups excluding tert-OH is 2. The number of aromatic carboxylic acids is 1. The predicted molar refractivity (Wildman–Crippen MR) is 79.1 cm³/mol. The lowest BCUT2D eigenvalue weighted by Crippen LogP contribution is -2.27. The van der Waals surface area contributed by atoms with Crippen LogP contribution in [0.5, 0.6) is 0 Å². The van der Waals surface area contributed by atoms with E-state index in [1.807, 2.05) is 0 Å². The van der Waals surface area contributed by atoms with Crippen LogP contribution >= 0.6 is 0 Å². The third-order valence-electron chi connectivity index (χ3n) is 3.35. The minimum absolute atomic E-state index is 0.00479. The molecule has 0 saturated carbocycles. The van der Waals surface area contributed by atoms with E-state index in [9.17, 15) is 29.9 Å². The predicted octanol–water partition coefficient (Wildman–Crippen LogP) is 0.522. The molecule has 4 N–H and O–H groups in total. The number of hydrogen-bond acceptors (Lipinski definition) is 6. The number of amides is 1. The van der Waals surface area contributed by atoms with Gasteiger partial charge in [0, 0.05) is 25.1 Å². The van der Waals surface area contributed by atoms with E-state index in [1.165, 1.54) is 13.8 Å². The van der Waals surface area contributed by atoms with Crippen molar-refractivity contribution in [1.82, 2.24) is 5.32 Å². The monoisotopic (exact) mass is 326 g/mol. The molecular weight excluding hydrogens is 308 g/mol. The van der Waals surface area contributed by atoms with E-state index in [1.54, 1.807) is 0 Å². The Hall–Kier alpha value is -2.52. The zero-order chi connectivity index (χ0) is 17.7. The number of carbonyl (C=O) groups is 2. The van der Waals surface area contributed by atoms with Crippen LogP contribution < -0.4 is 5.32 Å². The number of carboxylic acid groups (broad SMARTS) is 1. The maximum absolute atomic E-state index is 11.2. The number of nitro groups is 1. The van der Waals surface area contributed by atoms with Crippen LogP contribution in [0.25, 0.3) is 0 Å². The Morgan fingerprint density at radius 2 is 1.96 bits per heavy atom. The molecule has 0 spiro atoms. The molecule has 0 radical (unpaired) electrons. The molecule has 0 aliphatic carbocycles. The Morgan fingerprint density at radius 3 is 2.43 bits per heavy atom. The van der Waals surface area contributed by atoms with Crippen molar-refractivity contribution < 1.29 is 29.8 Å². The van der Waals surface area contributed by atoms with Gasteiger partial charge in [0.05, 0.1) is 16.6 Å². The molecule has 126 valence electrons.